The summed E-state index contributed by atoms with van der Waals surface area (Å²) in [5.74, 6) is 2.53. The van der Waals surface area contributed by atoms with E-state index in [2.05, 4.69) is 29.1 Å². The lowest BCUT2D eigenvalue weighted by molar-refractivity contribution is 0.145. The zero-order valence-corrected chi connectivity index (χ0v) is 13.8. The summed E-state index contributed by atoms with van der Waals surface area (Å²) in [6, 6.07) is 0. The first kappa shape index (κ1) is 14.7. The van der Waals surface area contributed by atoms with Crippen LogP contribution in [0.3, 0.4) is 0 Å². The molecule has 5 heteroatoms. The van der Waals surface area contributed by atoms with Crippen molar-refractivity contribution in [2.45, 2.75) is 46.1 Å². The number of hydrogen-bond donors (Lipinski definition) is 1. The van der Waals surface area contributed by atoms with Crippen molar-refractivity contribution in [3.63, 3.8) is 0 Å². The molecule has 0 bridgehead atoms. The number of rotatable bonds is 3. The van der Waals surface area contributed by atoms with Crippen LogP contribution in [0, 0.1) is 12.8 Å². The van der Waals surface area contributed by atoms with Crippen molar-refractivity contribution in [3.8, 4) is 0 Å². The monoisotopic (exact) mass is 305 g/mol. The summed E-state index contributed by atoms with van der Waals surface area (Å²) in [5, 5.41) is 13.2. The molecule has 4 nitrogen and oxygen atoms in total. The van der Waals surface area contributed by atoms with Crippen molar-refractivity contribution >= 4 is 27.4 Å². The van der Waals surface area contributed by atoms with Crippen LogP contribution in [0.4, 0.5) is 5.82 Å². The fraction of sp³-hybridized carbons (Fsp3) is 0.625. The van der Waals surface area contributed by atoms with Crippen LogP contribution >= 0.6 is 11.3 Å². The van der Waals surface area contributed by atoms with E-state index in [0.29, 0.717) is 5.92 Å². The number of nitrogens with zero attached hydrogens (tertiary/aromatic N) is 3. The van der Waals surface area contributed by atoms with E-state index in [9.17, 15) is 5.11 Å². The normalized spacial score (nSPS) is 17.1. The van der Waals surface area contributed by atoms with Gasteiger partial charge in [-0.2, -0.15) is 0 Å². The number of anilines is 1. The quantitative estimate of drug-likeness (QED) is 0.946. The molecule has 1 N–H and O–H groups in total. The minimum Gasteiger partial charge on any atom is -0.393 e. The summed E-state index contributed by atoms with van der Waals surface area (Å²) < 4.78 is 0. The van der Waals surface area contributed by atoms with Crippen LogP contribution in [0.25, 0.3) is 10.2 Å². The molecule has 2 aromatic rings. The summed E-state index contributed by atoms with van der Waals surface area (Å²) in [7, 11) is 0. The van der Waals surface area contributed by atoms with E-state index < -0.39 is 0 Å². The summed E-state index contributed by atoms with van der Waals surface area (Å²) in [6.45, 7) is 8.21. The molecule has 3 heterocycles. The highest BCUT2D eigenvalue weighted by Crippen LogP contribution is 2.34. The first-order chi connectivity index (χ1) is 10.0. The lowest BCUT2D eigenvalue weighted by Crippen LogP contribution is -2.36. The second-order valence-corrected chi connectivity index (χ2v) is 7.21. The molecule has 0 unspecified atom stereocenters. The van der Waals surface area contributed by atoms with Crippen molar-refractivity contribution in [1.82, 2.24) is 9.97 Å². The fourth-order valence-corrected chi connectivity index (χ4v) is 3.97. The van der Waals surface area contributed by atoms with E-state index in [4.69, 9.17) is 4.98 Å². The van der Waals surface area contributed by atoms with Crippen molar-refractivity contribution in [2.24, 2.45) is 5.92 Å². The van der Waals surface area contributed by atoms with E-state index in [1.165, 1.54) is 10.9 Å². The smallest absolute Gasteiger partial charge is 0.141 e. The minimum absolute atomic E-state index is 0.155. The molecule has 2 aromatic heterocycles. The summed E-state index contributed by atoms with van der Waals surface area (Å²) in [4.78, 5) is 12.8. The number of thiophene rings is 1. The number of piperidine rings is 1. The van der Waals surface area contributed by atoms with Crippen LogP contribution in [-0.2, 0) is 6.42 Å². The van der Waals surface area contributed by atoms with Gasteiger partial charge in [-0.15, -0.1) is 11.3 Å². The molecule has 0 saturated carbocycles. The molecule has 1 fully saturated rings. The Morgan fingerprint density at radius 1 is 1.33 bits per heavy atom. The second kappa shape index (κ2) is 5.89. The SMILES string of the molecule is Cc1nc(N2CCC(O)CC2)c2c(CC(C)C)csc2n1. The van der Waals surface area contributed by atoms with Crippen LogP contribution in [-0.4, -0.2) is 34.3 Å². The van der Waals surface area contributed by atoms with Crippen LogP contribution in [0.5, 0.6) is 0 Å². The number of fused-ring (bicyclic) bond motifs is 1. The van der Waals surface area contributed by atoms with Crippen molar-refractivity contribution in [1.29, 1.82) is 0 Å². The first-order valence-corrected chi connectivity index (χ1v) is 8.60. The van der Waals surface area contributed by atoms with Crippen LogP contribution < -0.4 is 4.90 Å². The molecule has 0 spiro atoms. The Labute approximate surface area is 129 Å². The Bertz CT molecular complexity index is 630. The molecule has 1 saturated heterocycles. The van der Waals surface area contributed by atoms with Gasteiger partial charge in [0.2, 0.25) is 0 Å². The highest BCUT2D eigenvalue weighted by Gasteiger charge is 2.22. The summed E-state index contributed by atoms with van der Waals surface area (Å²) >= 11 is 1.72. The fourth-order valence-electron chi connectivity index (χ4n) is 2.98. The second-order valence-electron chi connectivity index (χ2n) is 6.35. The molecule has 0 amide bonds. The van der Waals surface area contributed by atoms with E-state index in [-0.39, 0.29) is 6.10 Å². The molecule has 3 rings (SSSR count). The van der Waals surface area contributed by atoms with Gasteiger partial charge in [0.05, 0.1) is 11.5 Å². The maximum atomic E-state index is 9.72. The van der Waals surface area contributed by atoms with Gasteiger partial charge in [0.1, 0.15) is 16.5 Å². The molecule has 0 radical (unpaired) electrons. The van der Waals surface area contributed by atoms with Gasteiger partial charge >= 0.3 is 0 Å². The van der Waals surface area contributed by atoms with Crippen LogP contribution in [0.1, 0.15) is 38.1 Å². The van der Waals surface area contributed by atoms with E-state index in [1.807, 2.05) is 6.92 Å². The number of aliphatic hydroxyl groups excluding tert-OH is 1. The molecule has 114 valence electrons. The van der Waals surface area contributed by atoms with Gasteiger partial charge in [0, 0.05) is 13.1 Å². The predicted molar refractivity (Wildman–Crippen MR) is 88.1 cm³/mol. The van der Waals surface area contributed by atoms with Gasteiger partial charge in [-0.05, 0) is 43.0 Å². The van der Waals surface area contributed by atoms with E-state index in [0.717, 1.165) is 48.8 Å². The first-order valence-electron chi connectivity index (χ1n) is 7.72. The summed E-state index contributed by atoms with van der Waals surface area (Å²) in [5.41, 5.74) is 1.37. The zero-order chi connectivity index (χ0) is 15.0. The van der Waals surface area contributed by atoms with Crippen molar-refractivity contribution < 1.29 is 5.11 Å². The standard InChI is InChI=1S/C16H23N3OS/c1-10(2)8-12-9-21-16-14(12)15(17-11(3)18-16)19-6-4-13(20)5-7-19/h9-10,13,20H,4-8H2,1-3H3. The topological polar surface area (TPSA) is 49.2 Å². The van der Waals surface area contributed by atoms with E-state index >= 15 is 0 Å². The van der Waals surface area contributed by atoms with Gasteiger partial charge in [-0.1, -0.05) is 13.8 Å². The minimum atomic E-state index is -0.155. The molecule has 0 atom stereocenters. The average molecular weight is 305 g/mol. The lowest BCUT2D eigenvalue weighted by Gasteiger charge is -2.31. The highest BCUT2D eigenvalue weighted by molar-refractivity contribution is 7.17. The van der Waals surface area contributed by atoms with Crippen molar-refractivity contribution in [2.75, 3.05) is 18.0 Å². The number of aliphatic hydroxyl groups is 1. The Hall–Kier alpha value is -1.20. The van der Waals surface area contributed by atoms with Crippen molar-refractivity contribution in [3.05, 3.63) is 16.8 Å². The molecular weight excluding hydrogens is 282 g/mol. The number of aryl methyl sites for hydroxylation is 1. The van der Waals surface area contributed by atoms with Gasteiger partial charge in [0.25, 0.3) is 0 Å². The number of aromatic nitrogens is 2. The number of hydrogen-bond acceptors (Lipinski definition) is 5. The maximum Gasteiger partial charge on any atom is 0.141 e. The Morgan fingerprint density at radius 3 is 2.71 bits per heavy atom. The summed E-state index contributed by atoms with van der Waals surface area (Å²) in [6.07, 6.45) is 2.57. The maximum absolute atomic E-state index is 9.72. The third-order valence-corrected chi connectivity index (χ3v) is 4.92. The van der Waals surface area contributed by atoms with E-state index in [1.54, 1.807) is 11.3 Å². The zero-order valence-electron chi connectivity index (χ0n) is 13.0. The lowest BCUT2D eigenvalue weighted by atomic mass is 10.0. The Morgan fingerprint density at radius 2 is 2.05 bits per heavy atom. The molecular formula is C16H23N3OS. The van der Waals surface area contributed by atoms with Crippen LogP contribution in [0.2, 0.25) is 0 Å². The molecule has 1 aliphatic rings. The third kappa shape index (κ3) is 3.04. The average Bonchev–Trinajstić information content (AvgIpc) is 2.81. The third-order valence-electron chi connectivity index (χ3n) is 3.99. The Kier molecular flexibility index (Phi) is 4.13. The predicted octanol–water partition coefficient (Wildman–Crippen LogP) is 3.16. The van der Waals surface area contributed by atoms with Gasteiger partial charge < -0.3 is 10.0 Å². The highest BCUT2D eigenvalue weighted by atomic mass is 32.1. The van der Waals surface area contributed by atoms with Gasteiger partial charge in [-0.3, -0.25) is 0 Å². The molecule has 0 aromatic carbocycles. The molecule has 21 heavy (non-hydrogen) atoms. The Balaban J connectivity index is 2.04. The largest absolute Gasteiger partial charge is 0.393 e. The molecule has 0 aliphatic carbocycles. The van der Waals surface area contributed by atoms with Gasteiger partial charge in [-0.25, -0.2) is 9.97 Å². The molecule has 1 aliphatic heterocycles. The van der Waals surface area contributed by atoms with Crippen LogP contribution in [0.15, 0.2) is 5.38 Å². The van der Waals surface area contributed by atoms with Gasteiger partial charge in [0.15, 0.2) is 0 Å².